The summed E-state index contributed by atoms with van der Waals surface area (Å²) >= 11 is 0. The predicted octanol–water partition coefficient (Wildman–Crippen LogP) is 6.64. The molecule has 0 saturated heterocycles. The number of ketones is 1. The molecule has 2 atom stereocenters. The highest BCUT2D eigenvalue weighted by Crippen LogP contribution is 2.36. The van der Waals surface area contributed by atoms with Crippen LogP contribution in [0.2, 0.25) is 0 Å². The second-order valence-electron chi connectivity index (χ2n) is 11.8. The maximum Gasteiger partial charge on any atom is 0.219 e. The fraction of sp³-hybridized carbons (Fsp3) is 0.867. The molecule has 8 heteroatoms. The lowest BCUT2D eigenvalue weighted by Gasteiger charge is -2.23. The van der Waals surface area contributed by atoms with Crippen molar-refractivity contribution in [3.8, 4) is 0 Å². The topological polar surface area (TPSA) is 101 Å². The smallest absolute Gasteiger partial charge is 0.219 e. The summed E-state index contributed by atoms with van der Waals surface area (Å²) in [6.07, 6.45) is 17.5. The van der Waals surface area contributed by atoms with Gasteiger partial charge in [0.25, 0.3) is 0 Å². The number of unbranched alkanes of at least 4 members (excludes halogenated alkanes) is 12. The number of nitrogens with one attached hydrogen (secondary N) is 1. The van der Waals surface area contributed by atoms with Gasteiger partial charge in [-0.15, -0.1) is 0 Å². The van der Waals surface area contributed by atoms with Gasteiger partial charge in [0.1, 0.15) is 5.78 Å². The van der Waals surface area contributed by atoms with E-state index < -0.39 is 25.2 Å². The largest absolute Gasteiger partial charge is 0.360 e. The molecule has 0 aromatic heterocycles. The minimum atomic E-state index is -2.41. The van der Waals surface area contributed by atoms with E-state index in [4.69, 9.17) is 0 Å². The van der Waals surface area contributed by atoms with Gasteiger partial charge in [0, 0.05) is 44.6 Å². The van der Waals surface area contributed by atoms with Gasteiger partial charge in [0.2, 0.25) is 5.91 Å². The number of hydrogen-bond donors (Lipinski definition) is 2. The summed E-state index contributed by atoms with van der Waals surface area (Å²) in [4.78, 5) is 59.7. The number of amides is 1. The number of carbonyl (C=O) groups is 4. The van der Waals surface area contributed by atoms with Crippen molar-refractivity contribution in [3.05, 3.63) is 0 Å². The van der Waals surface area contributed by atoms with Crippen molar-refractivity contribution >= 4 is 30.9 Å². The molecule has 2 N–H and O–H groups in total. The quantitative estimate of drug-likeness (QED) is 0.0705. The van der Waals surface area contributed by atoms with Crippen LogP contribution in [0.15, 0.2) is 0 Å². The molecular formula is C30H58N2O5P+. The van der Waals surface area contributed by atoms with E-state index >= 15 is 0 Å². The molecule has 2 unspecified atom stereocenters. The fourth-order valence-electron chi connectivity index (χ4n) is 4.47. The highest BCUT2D eigenvalue weighted by atomic mass is 31.1. The van der Waals surface area contributed by atoms with Gasteiger partial charge in [0.15, 0.2) is 19.2 Å². The van der Waals surface area contributed by atoms with Crippen LogP contribution >= 0.6 is 8.15 Å². The number of rotatable bonds is 26. The van der Waals surface area contributed by atoms with Crippen LogP contribution in [-0.2, 0) is 19.2 Å². The van der Waals surface area contributed by atoms with Crippen LogP contribution in [0.1, 0.15) is 136 Å². The average molecular weight is 558 g/mol. The molecule has 0 spiro atoms. The maximum atomic E-state index is 12.6. The van der Waals surface area contributed by atoms with Crippen LogP contribution in [0, 0.1) is 0 Å². The lowest BCUT2D eigenvalue weighted by molar-refractivity contribution is -0.870. The van der Waals surface area contributed by atoms with Crippen molar-refractivity contribution in [2.45, 2.75) is 142 Å². The molecule has 222 valence electrons. The minimum absolute atomic E-state index is 0.0128. The van der Waals surface area contributed by atoms with Crippen LogP contribution in [0.3, 0.4) is 0 Å². The van der Waals surface area contributed by atoms with Gasteiger partial charge in [-0.3, -0.25) is 19.2 Å². The van der Waals surface area contributed by atoms with E-state index in [0.717, 1.165) is 25.8 Å². The Morgan fingerprint density at radius 3 is 1.66 bits per heavy atom. The zero-order valence-corrected chi connectivity index (χ0v) is 26.1. The second kappa shape index (κ2) is 22.6. The molecule has 0 heterocycles. The zero-order valence-electron chi connectivity index (χ0n) is 25.2. The lowest BCUT2D eigenvalue weighted by atomic mass is 10.0. The van der Waals surface area contributed by atoms with E-state index in [1.807, 2.05) is 21.1 Å². The summed E-state index contributed by atoms with van der Waals surface area (Å²) in [6.45, 7) is 4.72. The van der Waals surface area contributed by atoms with Crippen molar-refractivity contribution in [1.82, 2.24) is 5.32 Å². The molecule has 0 aliphatic carbocycles. The third-order valence-corrected chi connectivity index (χ3v) is 8.18. The standard InChI is InChI=1S/C30H57N2O5P/c1-6-8-9-10-11-12-13-14-15-16-17-18-19-21-27(33)24-26(31-28(34)7-2)25-30(36)38(37)29(35)22-20-23-32(3,4)5/h26,37H,6-25H2,1-5H3/p+1. The van der Waals surface area contributed by atoms with Crippen molar-refractivity contribution < 1.29 is 28.6 Å². The van der Waals surface area contributed by atoms with E-state index in [9.17, 15) is 24.1 Å². The summed E-state index contributed by atoms with van der Waals surface area (Å²) in [7, 11) is 3.65. The van der Waals surface area contributed by atoms with Crippen LogP contribution in [-0.4, -0.2) is 65.8 Å². The monoisotopic (exact) mass is 557 g/mol. The van der Waals surface area contributed by atoms with Gasteiger partial charge in [-0.2, -0.15) is 0 Å². The number of hydrogen-bond acceptors (Lipinski definition) is 5. The zero-order chi connectivity index (χ0) is 28.8. The van der Waals surface area contributed by atoms with Gasteiger partial charge in [-0.25, -0.2) is 0 Å². The van der Waals surface area contributed by atoms with Crippen LogP contribution in [0.25, 0.3) is 0 Å². The van der Waals surface area contributed by atoms with Crippen molar-refractivity contribution in [3.63, 3.8) is 0 Å². The molecule has 0 aromatic carbocycles. The van der Waals surface area contributed by atoms with Crippen molar-refractivity contribution in [1.29, 1.82) is 0 Å². The van der Waals surface area contributed by atoms with Crippen LogP contribution in [0.5, 0.6) is 0 Å². The Kier molecular flexibility index (Phi) is 21.9. The van der Waals surface area contributed by atoms with E-state index in [1.165, 1.54) is 64.2 Å². The van der Waals surface area contributed by atoms with Crippen LogP contribution < -0.4 is 5.32 Å². The summed E-state index contributed by atoms with van der Waals surface area (Å²) in [5.74, 6) is -0.230. The SMILES string of the molecule is CCCCCCCCCCCCCCCC(=O)CC(CC(=O)P(O)C(=O)CCC[N+](C)(C)C)NC(=O)CC. The van der Waals surface area contributed by atoms with Gasteiger partial charge in [0.05, 0.1) is 27.7 Å². The molecule has 38 heavy (non-hydrogen) atoms. The fourth-order valence-corrected chi connectivity index (χ4v) is 5.51. The van der Waals surface area contributed by atoms with E-state index in [2.05, 4.69) is 12.2 Å². The number of Topliss-reactive ketones (excluding diaryl/α,β-unsaturated/α-hetero) is 1. The van der Waals surface area contributed by atoms with Gasteiger partial charge in [-0.05, 0) is 6.42 Å². The Bertz CT molecular complexity index is 678. The van der Waals surface area contributed by atoms with Crippen molar-refractivity contribution in [2.75, 3.05) is 27.7 Å². The van der Waals surface area contributed by atoms with E-state index in [1.54, 1.807) is 6.92 Å². The van der Waals surface area contributed by atoms with Gasteiger partial charge in [-0.1, -0.05) is 90.9 Å². The normalized spacial score (nSPS) is 13.2. The third kappa shape index (κ3) is 21.7. The lowest BCUT2D eigenvalue weighted by Crippen LogP contribution is -2.37. The summed E-state index contributed by atoms with van der Waals surface area (Å²) in [6, 6.07) is -0.666. The number of nitrogens with zero attached hydrogens (tertiary/aromatic N) is 1. The summed E-state index contributed by atoms with van der Waals surface area (Å²) < 4.78 is 0.705. The molecule has 0 aliphatic heterocycles. The molecule has 0 fully saturated rings. The molecular weight excluding hydrogens is 499 g/mol. The predicted molar refractivity (Wildman–Crippen MR) is 158 cm³/mol. The first kappa shape index (κ1) is 36.8. The molecule has 0 bridgehead atoms. The molecule has 0 aromatic rings. The molecule has 0 aliphatic rings. The molecule has 7 nitrogen and oxygen atoms in total. The van der Waals surface area contributed by atoms with Crippen molar-refractivity contribution in [2.24, 2.45) is 0 Å². The highest BCUT2D eigenvalue weighted by molar-refractivity contribution is 7.84. The molecule has 0 saturated carbocycles. The molecule has 0 rings (SSSR count). The summed E-state index contributed by atoms with van der Waals surface area (Å²) in [5.41, 5.74) is -0.997. The highest BCUT2D eigenvalue weighted by Gasteiger charge is 2.28. The Morgan fingerprint density at radius 2 is 1.18 bits per heavy atom. The van der Waals surface area contributed by atoms with Crippen LogP contribution in [0.4, 0.5) is 0 Å². The minimum Gasteiger partial charge on any atom is -0.360 e. The number of carbonyl (C=O) groups excluding carboxylic acids is 4. The Labute approximate surface area is 234 Å². The van der Waals surface area contributed by atoms with E-state index in [0.29, 0.717) is 17.3 Å². The Morgan fingerprint density at radius 1 is 0.684 bits per heavy atom. The Balaban J connectivity index is 4.26. The first-order valence-corrected chi connectivity index (χ1v) is 16.5. The maximum absolute atomic E-state index is 12.6. The first-order chi connectivity index (χ1) is 18.0. The third-order valence-electron chi connectivity index (χ3n) is 6.83. The number of quaternary nitrogens is 1. The van der Waals surface area contributed by atoms with Gasteiger partial charge >= 0.3 is 0 Å². The van der Waals surface area contributed by atoms with Gasteiger partial charge < -0.3 is 14.7 Å². The average Bonchev–Trinajstić information content (AvgIpc) is 2.85. The first-order valence-electron chi connectivity index (χ1n) is 15.2. The van der Waals surface area contributed by atoms with E-state index in [-0.39, 0.29) is 37.4 Å². The molecule has 0 radical (unpaired) electrons. The summed E-state index contributed by atoms with van der Waals surface area (Å²) in [5, 5.41) is 2.74. The second-order valence-corrected chi connectivity index (χ2v) is 13.4. The Hall–Kier alpha value is -1.17. The molecule has 1 amide bonds.